The van der Waals surface area contributed by atoms with E-state index in [2.05, 4.69) is 18.7 Å². The van der Waals surface area contributed by atoms with Gasteiger partial charge in [-0.2, -0.15) is 12.8 Å². The smallest absolute Gasteiger partial charge is 0.496 e. The van der Waals surface area contributed by atoms with Crippen molar-refractivity contribution < 1.29 is 70.5 Å². The van der Waals surface area contributed by atoms with Gasteiger partial charge in [0.2, 0.25) is 5.91 Å². The maximum absolute atomic E-state index is 12.1. The zero-order valence-corrected chi connectivity index (χ0v) is 21.9. The van der Waals surface area contributed by atoms with Crippen LogP contribution in [0.2, 0.25) is 0 Å². The third-order valence-electron chi connectivity index (χ3n) is 5.23. The first-order chi connectivity index (χ1) is 14.4. The van der Waals surface area contributed by atoms with E-state index >= 15 is 0 Å². The van der Waals surface area contributed by atoms with Gasteiger partial charge in [0.05, 0.1) is 7.11 Å². The Kier molecular flexibility index (Phi) is 12.3. The molecule has 5 nitrogen and oxygen atoms in total. The van der Waals surface area contributed by atoms with Crippen LogP contribution in [-0.2, 0) is 9.59 Å². The summed E-state index contributed by atoms with van der Waals surface area (Å²) >= 11 is 0. The molecule has 3 rings (SSSR count). The van der Waals surface area contributed by atoms with Crippen molar-refractivity contribution in [2.24, 2.45) is 5.92 Å². The minimum Gasteiger partial charge on any atom is -0.496 e. The Morgan fingerprint density at radius 3 is 2.45 bits per heavy atom. The number of aldehydes is 1. The standard InChI is InChI=1S/C15H20NO2.C10H8O2.K/c1-11-8-9-13(10-14(11)18-2)16-15(17)12-6-4-3-5-7-12;1-7-3-9(5-11)4-10(6-12)8(7)2;/h3,8-10,12H,4-7H2,1-2H3,(H,16,17);3-5H,2H2,1H3;/q-1;-2;+1. The molecule has 2 aromatic rings. The monoisotopic (exact) mass is 445 g/mol. The quantitative estimate of drug-likeness (QED) is 0.433. The average Bonchev–Trinajstić information content (AvgIpc) is 2.77. The number of ether oxygens (including phenoxy) is 1. The molecule has 1 saturated carbocycles. The van der Waals surface area contributed by atoms with Crippen LogP contribution in [0.1, 0.15) is 58.3 Å². The van der Waals surface area contributed by atoms with Crippen molar-refractivity contribution >= 4 is 24.2 Å². The van der Waals surface area contributed by atoms with Crippen molar-refractivity contribution in [3.05, 3.63) is 71.5 Å². The Bertz CT molecular complexity index is 905. The molecular weight excluding hydrogens is 417 g/mol. The van der Waals surface area contributed by atoms with E-state index in [9.17, 15) is 14.4 Å². The molecule has 0 aromatic heterocycles. The van der Waals surface area contributed by atoms with E-state index in [1.165, 1.54) is 6.07 Å². The molecule has 6 heteroatoms. The number of aryl methyl sites for hydroxylation is 2. The topological polar surface area (TPSA) is 72.5 Å². The molecule has 0 bridgehead atoms. The number of carbonyl (C=O) groups excluding carboxylic acids is 3. The van der Waals surface area contributed by atoms with Crippen molar-refractivity contribution in [3.63, 3.8) is 0 Å². The summed E-state index contributed by atoms with van der Waals surface area (Å²) in [6, 6.07) is 8.93. The predicted octanol–water partition coefficient (Wildman–Crippen LogP) is 1.79. The molecule has 160 valence electrons. The maximum Gasteiger partial charge on any atom is 1.00 e. The Labute approximate surface area is 227 Å². The van der Waals surface area contributed by atoms with Crippen LogP contribution in [0, 0.1) is 33.1 Å². The predicted molar refractivity (Wildman–Crippen MR) is 118 cm³/mol. The summed E-state index contributed by atoms with van der Waals surface area (Å²) in [6.45, 7) is 7.48. The van der Waals surface area contributed by atoms with Crippen molar-refractivity contribution in [2.75, 3.05) is 12.4 Å². The largest absolute Gasteiger partial charge is 1.00 e. The van der Waals surface area contributed by atoms with Crippen molar-refractivity contribution in [1.82, 2.24) is 0 Å². The van der Waals surface area contributed by atoms with Gasteiger partial charge in [-0.15, -0.1) is 6.07 Å². The maximum atomic E-state index is 12.1. The minimum absolute atomic E-state index is 0. The third-order valence-corrected chi connectivity index (χ3v) is 5.23. The summed E-state index contributed by atoms with van der Waals surface area (Å²) in [5, 5.41) is 2.98. The molecule has 1 amide bonds. The second-order valence-corrected chi connectivity index (χ2v) is 7.40. The number of hydrogen-bond donors (Lipinski definition) is 1. The molecule has 2 aromatic carbocycles. The van der Waals surface area contributed by atoms with E-state index in [4.69, 9.17) is 4.74 Å². The fraction of sp³-hybridized carbons (Fsp3) is 0.320. The van der Waals surface area contributed by atoms with Gasteiger partial charge in [-0.3, -0.25) is 27.6 Å². The van der Waals surface area contributed by atoms with Gasteiger partial charge in [0.25, 0.3) is 0 Å². The first-order valence-corrected chi connectivity index (χ1v) is 9.96. The molecule has 1 fully saturated rings. The zero-order valence-electron chi connectivity index (χ0n) is 18.8. The van der Waals surface area contributed by atoms with E-state index < -0.39 is 0 Å². The van der Waals surface area contributed by atoms with Crippen LogP contribution in [0.3, 0.4) is 0 Å². The number of rotatable bonds is 5. The van der Waals surface area contributed by atoms with Gasteiger partial charge >= 0.3 is 51.4 Å². The molecule has 0 saturated heterocycles. The molecule has 0 aliphatic heterocycles. The third kappa shape index (κ3) is 8.20. The summed E-state index contributed by atoms with van der Waals surface area (Å²) in [5.74, 6) is 1.10. The van der Waals surface area contributed by atoms with Crippen LogP contribution in [0.5, 0.6) is 5.75 Å². The molecular formula is C25H28KNO4-2. The van der Waals surface area contributed by atoms with Crippen LogP contribution in [0.25, 0.3) is 0 Å². The van der Waals surface area contributed by atoms with E-state index in [0.29, 0.717) is 23.0 Å². The van der Waals surface area contributed by atoms with Gasteiger partial charge in [0.15, 0.2) is 0 Å². The number of carbonyl (C=O) groups is 2. The average molecular weight is 446 g/mol. The molecule has 1 aliphatic carbocycles. The molecule has 0 radical (unpaired) electrons. The van der Waals surface area contributed by atoms with E-state index in [1.54, 1.807) is 26.4 Å². The fourth-order valence-corrected chi connectivity index (χ4v) is 3.34. The van der Waals surface area contributed by atoms with Crippen LogP contribution in [0.4, 0.5) is 5.69 Å². The molecule has 0 heterocycles. The van der Waals surface area contributed by atoms with E-state index in [1.807, 2.05) is 25.1 Å². The fourth-order valence-electron chi connectivity index (χ4n) is 3.34. The molecule has 31 heavy (non-hydrogen) atoms. The van der Waals surface area contributed by atoms with Crippen LogP contribution in [0.15, 0.2) is 30.3 Å². The molecule has 0 atom stereocenters. The van der Waals surface area contributed by atoms with Crippen LogP contribution >= 0.6 is 0 Å². The molecule has 1 N–H and O–H groups in total. The summed E-state index contributed by atoms with van der Waals surface area (Å²) in [5.41, 5.74) is 4.20. The van der Waals surface area contributed by atoms with Gasteiger partial charge in [0.1, 0.15) is 12.0 Å². The number of benzene rings is 2. The summed E-state index contributed by atoms with van der Waals surface area (Å²) in [6.07, 6.45) is 8.74. The Balaban J connectivity index is 0.000000324. The summed E-state index contributed by atoms with van der Waals surface area (Å²) in [4.78, 5) is 32.8. The summed E-state index contributed by atoms with van der Waals surface area (Å²) in [7, 11) is 1.64. The van der Waals surface area contributed by atoms with E-state index in [-0.39, 0.29) is 63.2 Å². The second kappa shape index (κ2) is 13.9. The Morgan fingerprint density at radius 2 is 1.87 bits per heavy atom. The second-order valence-electron chi connectivity index (χ2n) is 7.40. The van der Waals surface area contributed by atoms with Crippen molar-refractivity contribution in [3.8, 4) is 5.75 Å². The Hall–Kier alpha value is -1.44. The van der Waals surface area contributed by atoms with Gasteiger partial charge in [0, 0.05) is 17.7 Å². The molecule has 0 spiro atoms. The first kappa shape index (κ1) is 27.6. The SMILES string of the molecule is COc1cc(NC(=O)C2CC[CH-]CC2)ccc1C.[CH2-]c1c(C)cc(C=O)cc1[C-]=O.[K+]. The number of nitrogens with one attached hydrogen (secondary N) is 1. The first-order valence-electron chi connectivity index (χ1n) is 9.96. The van der Waals surface area contributed by atoms with Gasteiger partial charge < -0.3 is 21.3 Å². The number of hydrogen-bond acceptors (Lipinski definition) is 4. The van der Waals surface area contributed by atoms with Gasteiger partial charge in [-0.25, -0.2) is 11.6 Å². The molecule has 0 unspecified atom stereocenters. The van der Waals surface area contributed by atoms with Gasteiger partial charge in [-0.1, -0.05) is 31.4 Å². The summed E-state index contributed by atoms with van der Waals surface area (Å²) < 4.78 is 5.26. The minimum atomic E-state index is 0. The normalized spacial score (nSPS) is 13.1. The number of methoxy groups -OCH3 is 1. The van der Waals surface area contributed by atoms with Gasteiger partial charge in [-0.05, 0) is 24.8 Å². The van der Waals surface area contributed by atoms with Crippen molar-refractivity contribution in [2.45, 2.75) is 39.5 Å². The van der Waals surface area contributed by atoms with Crippen LogP contribution < -0.4 is 61.4 Å². The Morgan fingerprint density at radius 1 is 1.19 bits per heavy atom. The zero-order chi connectivity index (χ0) is 22.1. The van der Waals surface area contributed by atoms with Crippen LogP contribution in [-0.4, -0.2) is 25.6 Å². The van der Waals surface area contributed by atoms with E-state index in [0.717, 1.165) is 48.2 Å². The molecule has 1 aliphatic rings. The van der Waals surface area contributed by atoms with Crippen molar-refractivity contribution in [1.29, 1.82) is 0 Å². The number of amides is 1. The number of anilines is 1.